The molecular weight excluding hydrogens is 364 g/mol. The van der Waals surface area contributed by atoms with Crippen LogP contribution in [0.1, 0.15) is 142 Å². The van der Waals surface area contributed by atoms with Crippen LogP contribution in [-0.4, -0.2) is 11.8 Å². The van der Waals surface area contributed by atoms with Crippen molar-refractivity contribution in [3.63, 3.8) is 0 Å². The number of alkyl halides is 4. The predicted octanol–water partition coefficient (Wildman–Crippen LogP) is 10.1. The van der Waals surface area contributed by atoms with Gasteiger partial charge in [-0.2, -0.15) is 0 Å². The van der Waals surface area contributed by atoms with Crippen molar-refractivity contribution in [3.05, 3.63) is 0 Å². The molecule has 0 amide bonds. The van der Waals surface area contributed by atoms with Crippen molar-refractivity contribution in [3.8, 4) is 0 Å². The van der Waals surface area contributed by atoms with E-state index in [2.05, 4.69) is 13.8 Å². The fourth-order valence-electron chi connectivity index (χ4n) is 3.70. The standard InChI is InChI=1S/C24H46F4/c1-3-5-7-11-15-19-23(25,26)21-17-13-9-10-14-18-22-24(27,28)20-16-12-8-6-4-2/h3-22H2,1-2H3. The molecule has 0 bridgehead atoms. The molecule has 0 nitrogen and oxygen atoms in total. The third-order valence-electron chi connectivity index (χ3n) is 5.63. The van der Waals surface area contributed by atoms with Crippen molar-refractivity contribution in [1.29, 1.82) is 0 Å². The van der Waals surface area contributed by atoms with Crippen LogP contribution in [0.25, 0.3) is 0 Å². The summed E-state index contributed by atoms with van der Waals surface area (Å²) in [5.41, 5.74) is 0. The minimum Gasteiger partial charge on any atom is -0.207 e. The Morgan fingerprint density at radius 1 is 0.357 bits per heavy atom. The summed E-state index contributed by atoms with van der Waals surface area (Å²) < 4.78 is 55.1. The second-order valence-corrected chi connectivity index (χ2v) is 8.66. The monoisotopic (exact) mass is 410 g/mol. The Kier molecular flexibility index (Phi) is 17.4. The summed E-state index contributed by atoms with van der Waals surface area (Å²) >= 11 is 0. The summed E-state index contributed by atoms with van der Waals surface area (Å²) in [6.45, 7) is 4.24. The van der Waals surface area contributed by atoms with Gasteiger partial charge in [0.05, 0.1) is 0 Å². The van der Waals surface area contributed by atoms with E-state index in [-0.39, 0.29) is 25.7 Å². The lowest BCUT2D eigenvalue weighted by Gasteiger charge is -2.16. The number of hydrogen-bond acceptors (Lipinski definition) is 0. The van der Waals surface area contributed by atoms with E-state index in [0.717, 1.165) is 77.0 Å². The zero-order valence-electron chi connectivity index (χ0n) is 18.7. The van der Waals surface area contributed by atoms with Crippen molar-refractivity contribution >= 4 is 0 Å². The Bertz CT molecular complexity index is 297. The van der Waals surface area contributed by atoms with Crippen LogP contribution in [0.2, 0.25) is 0 Å². The molecule has 0 radical (unpaired) electrons. The molecule has 4 heteroatoms. The van der Waals surface area contributed by atoms with Gasteiger partial charge in [-0.3, -0.25) is 0 Å². The van der Waals surface area contributed by atoms with Gasteiger partial charge in [0.2, 0.25) is 11.8 Å². The zero-order valence-corrected chi connectivity index (χ0v) is 18.7. The van der Waals surface area contributed by atoms with Crippen molar-refractivity contribution in [2.75, 3.05) is 0 Å². The van der Waals surface area contributed by atoms with Gasteiger partial charge in [-0.1, -0.05) is 90.9 Å². The molecule has 0 saturated heterocycles. The maximum absolute atomic E-state index is 13.8. The molecule has 0 atom stereocenters. The molecule has 0 aliphatic carbocycles. The van der Waals surface area contributed by atoms with Gasteiger partial charge < -0.3 is 0 Å². The van der Waals surface area contributed by atoms with Crippen LogP contribution in [-0.2, 0) is 0 Å². The van der Waals surface area contributed by atoms with E-state index in [0.29, 0.717) is 25.7 Å². The Balaban J connectivity index is 3.52. The maximum atomic E-state index is 13.8. The zero-order chi connectivity index (χ0) is 21.1. The van der Waals surface area contributed by atoms with E-state index >= 15 is 0 Å². The SMILES string of the molecule is CCCCCCCC(F)(F)CCCCCCCCC(F)(F)CCCCCCC. The Morgan fingerprint density at radius 2 is 0.571 bits per heavy atom. The van der Waals surface area contributed by atoms with Gasteiger partial charge in [-0.05, 0) is 25.7 Å². The molecule has 0 rings (SSSR count). The highest BCUT2D eigenvalue weighted by Gasteiger charge is 2.28. The highest BCUT2D eigenvalue weighted by Crippen LogP contribution is 2.30. The number of halogens is 4. The van der Waals surface area contributed by atoms with Crippen LogP contribution in [0.4, 0.5) is 17.6 Å². The third kappa shape index (κ3) is 19.1. The molecular formula is C24H46F4. The summed E-state index contributed by atoms with van der Waals surface area (Å²) in [6.07, 6.45) is 14.2. The molecule has 28 heavy (non-hydrogen) atoms. The molecule has 0 spiro atoms. The van der Waals surface area contributed by atoms with Gasteiger partial charge in [0.15, 0.2) is 0 Å². The van der Waals surface area contributed by atoms with Crippen molar-refractivity contribution in [2.24, 2.45) is 0 Å². The lowest BCUT2D eigenvalue weighted by molar-refractivity contribution is -0.0221. The van der Waals surface area contributed by atoms with E-state index in [9.17, 15) is 17.6 Å². The quantitative estimate of drug-likeness (QED) is 0.130. The average Bonchev–Trinajstić information content (AvgIpc) is 2.63. The first-order valence-corrected chi connectivity index (χ1v) is 12.1. The number of rotatable bonds is 21. The number of hydrogen-bond donors (Lipinski definition) is 0. The van der Waals surface area contributed by atoms with Gasteiger partial charge in [0.25, 0.3) is 0 Å². The lowest BCUT2D eigenvalue weighted by Crippen LogP contribution is -2.15. The first kappa shape index (κ1) is 27.7. The second-order valence-electron chi connectivity index (χ2n) is 8.66. The van der Waals surface area contributed by atoms with Crippen LogP contribution in [0.5, 0.6) is 0 Å². The van der Waals surface area contributed by atoms with Crippen LogP contribution in [0.3, 0.4) is 0 Å². The van der Waals surface area contributed by atoms with E-state index in [1.165, 1.54) is 0 Å². The highest BCUT2D eigenvalue weighted by atomic mass is 19.3. The molecule has 0 heterocycles. The van der Waals surface area contributed by atoms with Crippen molar-refractivity contribution in [2.45, 2.75) is 154 Å². The van der Waals surface area contributed by atoms with Crippen molar-refractivity contribution < 1.29 is 17.6 Å². The normalized spacial score (nSPS) is 12.6. The van der Waals surface area contributed by atoms with Crippen LogP contribution in [0.15, 0.2) is 0 Å². The summed E-state index contributed by atoms with van der Waals surface area (Å²) in [7, 11) is 0. The fraction of sp³-hybridized carbons (Fsp3) is 1.00. The smallest absolute Gasteiger partial charge is 0.207 e. The average molecular weight is 411 g/mol. The summed E-state index contributed by atoms with van der Waals surface area (Å²) in [4.78, 5) is 0. The molecule has 0 unspecified atom stereocenters. The Hall–Kier alpha value is -0.280. The summed E-state index contributed by atoms with van der Waals surface area (Å²) in [5, 5.41) is 0. The highest BCUT2D eigenvalue weighted by molar-refractivity contribution is 4.68. The lowest BCUT2D eigenvalue weighted by atomic mass is 10.00. The van der Waals surface area contributed by atoms with Gasteiger partial charge in [-0.15, -0.1) is 0 Å². The fourth-order valence-corrected chi connectivity index (χ4v) is 3.70. The molecule has 0 aliphatic rings. The van der Waals surface area contributed by atoms with E-state index in [1.54, 1.807) is 0 Å². The largest absolute Gasteiger partial charge is 0.248 e. The minimum atomic E-state index is -2.52. The molecule has 0 N–H and O–H groups in total. The van der Waals surface area contributed by atoms with Crippen LogP contribution in [0, 0.1) is 0 Å². The molecule has 0 aliphatic heterocycles. The third-order valence-corrected chi connectivity index (χ3v) is 5.63. The van der Waals surface area contributed by atoms with E-state index < -0.39 is 11.8 Å². The molecule has 0 saturated carbocycles. The van der Waals surface area contributed by atoms with Gasteiger partial charge >= 0.3 is 0 Å². The van der Waals surface area contributed by atoms with Crippen LogP contribution < -0.4 is 0 Å². The second kappa shape index (κ2) is 17.6. The maximum Gasteiger partial charge on any atom is 0.248 e. The summed E-state index contributed by atoms with van der Waals surface area (Å²) in [6, 6.07) is 0. The van der Waals surface area contributed by atoms with Gasteiger partial charge in [-0.25, -0.2) is 17.6 Å². The van der Waals surface area contributed by atoms with Crippen LogP contribution >= 0.6 is 0 Å². The topological polar surface area (TPSA) is 0 Å². The Labute approximate surface area is 172 Å². The summed E-state index contributed by atoms with van der Waals surface area (Å²) in [5.74, 6) is -5.04. The molecule has 0 aromatic rings. The first-order chi connectivity index (χ1) is 13.3. The van der Waals surface area contributed by atoms with Gasteiger partial charge in [0, 0.05) is 25.7 Å². The van der Waals surface area contributed by atoms with E-state index in [4.69, 9.17) is 0 Å². The van der Waals surface area contributed by atoms with Crippen molar-refractivity contribution in [1.82, 2.24) is 0 Å². The molecule has 0 aromatic carbocycles. The van der Waals surface area contributed by atoms with E-state index in [1.807, 2.05) is 0 Å². The first-order valence-electron chi connectivity index (χ1n) is 12.1. The van der Waals surface area contributed by atoms with Gasteiger partial charge in [0.1, 0.15) is 0 Å². The molecule has 0 fully saturated rings. The number of unbranched alkanes of at least 4 members (excludes halogenated alkanes) is 13. The predicted molar refractivity (Wildman–Crippen MR) is 114 cm³/mol. The molecule has 170 valence electrons. The minimum absolute atomic E-state index is 0.0170. The molecule has 0 aromatic heterocycles. The Morgan fingerprint density at radius 3 is 0.821 bits per heavy atom.